The highest BCUT2D eigenvalue weighted by atomic mass is 19.4. The number of rotatable bonds is 8. The first-order valence-corrected chi connectivity index (χ1v) is 13.5. The van der Waals surface area contributed by atoms with Gasteiger partial charge in [0.05, 0.1) is 6.61 Å². The van der Waals surface area contributed by atoms with Gasteiger partial charge in [0, 0.05) is 44.0 Å². The number of carbonyl (C=O) groups excluding carboxylic acids is 1. The van der Waals surface area contributed by atoms with Gasteiger partial charge in [-0.25, -0.2) is 0 Å². The van der Waals surface area contributed by atoms with Crippen molar-refractivity contribution in [3.05, 3.63) is 96.1 Å². The maximum atomic E-state index is 12.4. The largest absolute Gasteiger partial charge is 0.494 e. The molecule has 1 fully saturated rings. The van der Waals surface area contributed by atoms with Crippen molar-refractivity contribution in [1.29, 1.82) is 0 Å². The maximum Gasteiger partial charge on any atom is 0.405 e. The van der Waals surface area contributed by atoms with Crippen molar-refractivity contribution in [1.82, 2.24) is 10.2 Å². The van der Waals surface area contributed by atoms with E-state index in [4.69, 9.17) is 4.74 Å². The molecule has 1 N–H and O–H groups in total. The first-order valence-electron chi connectivity index (χ1n) is 13.5. The van der Waals surface area contributed by atoms with Crippen LogP contribution in [0.25, 0.3) is 21.9 Å². The van der Waals surface area contributed by atoms with Crippen LogP contribution in [-0.4, -0.2) is 56.3 Å². The highest BCUT2D eigenvalue weighted by Gasteiger charge is 2.28. The summed E-state index contributed by atoms with van der Waals surface area (Å²) in [6.07, 6.45) is -4.43. The van der Waals surface area contributed by atoms with E-state index in [0.29, 0.717) is 6.61 Å². The van der Waals surface area contributed by atoms with E-state index >= 15 is 0 Å². The zero-order chi connectivity index (χ0) is 28.1. The van der Waals surface area contributed by atoms with Crippen LogP contribution >= 0.6 is 0 Å². The quantitative estimate of drug-likeness (QED) is 0.273. The minimum absolute atomic E-state index is 0.214. The molecule has 0 unspecified atom stereocenters. The van der Waals surface area contributed by atoms with E-state index in [9.17, 15) is 18.0 Å². The van der Waals surface area contributed by atoms with Gasteiger partial charge in [-0.05, 0) is 70.8 Å². The molecule has 0 radical (unpaired) electrons. The monoisotopic (exact) mass is 547 g/mol. The molecule has 0 spiro atoms. The molecule has 4 aromatic rings. The number of alkyl halides is 3. The number of anilines is 1. The lowest BCUT2D eigenvalue weighted by molar-refractivity contribution is -0.123. The zero-order valence-corrected chi connectivity index (χ0v) is 22.4. The van der Waals surface area contributed by atoms with Gasteiger partial charge in [-0.2, -0.15) is 13.2 Å². The molecule has 0 bridgehead atoms. The van der Waals surface area contributed by atoms with Crippen molar-refractivity contribution in [2.45, 2.75) is 19.6 Å². The first-order chi connectivity index (χ1) is 19.3. The SMILES string of the molecule is CCOc1cccc(-c2ccc(CN3CCN(c4ccc(C(=O)NCC(F)(F)F)cc4)CC3)c3ccccc23)c1. The van der Waals surface area contributed by atoms with E-state index in [1.165, 1.54) is 21.9 Å². The first kappa shape index (κ1) is 27.5. The van der Waals surface area contributed by atoms with Crippen LogP contribution in [0.3, 0.4) is 0 Å². The molecule has 1 amide bonds. The highest BCUT2D eigenvalue weighted by Crippen LogP contribution is 2.33. The van der Waals surface area contributed by atoms with Crippen LogP contribution in [0.15, 0.2) is 84.9 Å². The second kappa shape index (κ2) is 12.0. The van der Waals surface area contributed by atoms with Crippen molar-refractivity contribution >= 4 is 22.4 Å². The van der Waals surface area contributed by atoms with Gasteiger partial charge in [0.2, 0.25) is 0 Å². The van der Waals surface area contributed by atoms with E-state index in [-0.39, 0.29) is 5.56 Å². The summed E-state index contributed by atoms with van der Waals surface area (Å²) < 4.78 is 42.9. The minimum Gasteiger partial charge on any atom is -0.494 e. The fourth-order valence-corrected chi connectivity index (χ4v) is 5.18. The molecule has 8 heteroatoms. The fourth-order valence-electron chi connectivity index (χ4n) is 5.18. The Kier molecular flexibility index (Phi) is 8.26. The zero-order valence-electron chi connectivity index (χ0n) is 22.4. The van der Waals surface area contributed by atoms with Gasteiger partial charge in [-0.15, -0.1) is 0 Å². The van der Waals surface area contributed by atoms with E-state index < -0.39 is 18.6 Å². The highest BCUT2D eigenvalue weighted by molar-refractivity contribution is 5.98. The Hall–Kier alpha value is -4.04. The number of piperazine rings is 1. The molecule has 0 aromatic heterocycles. The molecule has 1 aliphatic rings. The lowest BCUT2D eigenvalue weighted by Gasteiger charge is -2.36. The number of fused-ring (bicyclic) bond motifs is 1. The Morgan fingerprint density at radius 1 is 0.875 bits per heavy atom. The van der Waals surface area contributed by atoms with Crippen LogP contribution < -0.4 is 15.0 Å². The number of amides is 1. The van der Waals surface area contributed by atoms with Crippen LogP contribution in [0, 0.1) is 0 Å². The van der Waals surface area contributed by atoms with Crippen LogP contribution in [0.5, 0.6) is 5.75 Å². The number of ether oxygens (including phenoxy) is 1. The summed E-state index contributed by atoms with van der Waals surface area (Å²) in [5.41, 5.74) is 4.76. The molecule has 4 aromatic carbocycles. The number of hydrogen-bond donors (Lipinski definition) is 1. The van der Waals surface area contributed by atoms with Gasteiger partial charge in [-0.3, -0.25) is 9.69 Å². The molecular formula is C32H32F3N3O2. The Bertz CT molecular complexity index is 1460. The molecule has 1 heterocycles. The number of nitrogens with zero attached hydrogens (tertiary/aromatic N) is 2. The summed E-state index contributed by atoms with van der Waals surface area (Å²) in [6, 6.07) is 27.9. The van der Waals surface area contributed by atoms with Crippen molar-refractivity contribution in [2.24, 2.45) is 0 Å². The van der Waals surface area contributed by atoms with Crippen molar-refractivity contribution in [2.75, 3.05) is 44.2 Å². The molecule has 208 valence electrons. The molecule has 40 heavy (non-hydrogen) atoms. The number of nitrogens with one attached hydrogen (secondary N) is 1. The van der Waals surface area contributed by atoms with Gasteiger partial charge >= 0.3 is 6.18 Å². The summed E-state index contributed by atoms with van der Waals surface area (Å²) in [4.78, 5) is 16.7. The van der Waals surface area contributed by atoms with Gasteiger partial charge in [-0.1, -0.05) is 48.5 Å². The van der Waals surface area contributed by atoms with Gasteiger partial charge in [0.15, 0.2) is 0 Å². The van der Waals surface area contributed by atoms with E-state index in [1.807, 2.05) is 24.4 Å². The van der Waals surface area contributed by atoms with Crippen LogP contribution in [0.2, 0.25) is 0 Å². The smallest absolute Gasteiger partial charge is 0.405 e. The van der Waals surface area contributed by atoms with E-state index in [2.05, 4.69) is 58.3 Å². The van der Waals surface area contributed by atoms with Crippen LogP contribution in [0.4, 0.5) is 18.9 Å². The Morgan fingerprint density at radius 2 is 1.60 bits per heavy atom. The van der Waals surface area contributed by atoms with E-state index in [0.717, 1.165) is 49.7 Å². The number of hydrogen-bond acceptors (Lipinski definition) is 4. The third-order valence-electron chi connectivity index (χ3n) is 7.18. The number of benzene rings is 4. The molecular weight excluding hydrogens is 515 g/mol. The summed E-state index contributed by atoms with van der Waals surface area (Å²) >= 11 is 0. The molecule has 0 atom stereocenters. The van der Waals surface area contributed by atoms with Crippen molar-refractivity contribution in [3.63, 3.8) is 0 Å². The summed E-state index contributed by atoms with van der Waals surface area (Å²) in [6.45, 7) is 5.50. The standard InChI is InChI=1S/C32H32F3N3O2/c1-2-40-27-7-5-6-24(20-27)29-15-12-25(28-8-3-4-9-30(28)29)21-37-16-18-38(19-17-37)26-13-10-23(11-14-26)31(39)36-22-32(33,34)35/h3-15,20H,2,16-19,21-22H2,1H3,(H,36,39). The van der Waals surface area contributed by atoms with Gasteiger partial charge < -0.3 is 15.0 Å². The van der Waals surface area contributed by atoms with Crippen molar-refractivity contribution < 1.29 is 22.7 Å². The summed E-state index contributed by atoms with van der Waals surface area (Å²) in [5.74, 6) is 0.138. The molecule has 1 saturated heterocycles. The normalized spacial score (nSPS) is 14.3. The average molecular weight is 548 g/mol. The molecule has 5 nitrogen and oxygen atoms in total. The predicted octanol–water partition coefficient (Wildman–Crippen LogP) is 6.52. The summed E-state index contributed by atoms with van der Waals surface area (Å²) in [7, 11) is 0. The fraction of sp³-hybridized carbons (Fsp3) is 0.281. The Labute approximate surface area is 232 Å². The Morgan fingerprint density at radius 3 is 2.30 bits per heavy atom. The second-order valence-electron chi connectivity index (χ2n) is 9.89. The van der Waals surface area contributed by atoms with E-state index in [1.54, 1.807) is 24.3 Å². The molecule has 1 aliphatic heterocycles. The lowest BCUT2D eigenvalue weighted by atomic mass is 9.94. The molecule has 0 saturated carbocycles. The molecule has 0 aliphatic carbocycles. The van der Waals surface area contributed by atoms with Crippen LogP contribution in [-0.2, 0) is 6.54 Å². The number of halogens is 3. The maximum absolute atomic E-state index is 12.4. The predicted molar refractivity (Wildman–Crippen MR) is 153 cm³/mol. The summed E-state index contributed by atoms with van der Waals surface area (Å²) in [5, 5.41) is 4.36. The van der Waals surface area contributed by atoms with Gasteiger partial charge in [0.25, 0.3) is 5.91 Å². The van der Waals surface area contributed by atoms with Gasteiger partial charge in [0.1, 0.15) is 12.3 Å². The third-order valence-corrected chi connectivity index (χ3v) is 7.18. The molecule has 5 rings (SSSR count). The number of carbonyl (C=O) groups is 1. The second-order valence-corrected chi connectivity index (χ2v) is 9.89. The van der Waals surface area contributed by atoms with Crippen LogP contribution in [0.1, 0.15) is 22.8 Å². The third kappa shape index (κ3) is 6.57. The lowest BCUT2D eigenvalue weighted by Crippen LogP contribution is -2.46. The van der Waals surface area contributed by atoms with Crippen molar-refractivity contribution in [3.8, 4) is 16.9 Å². The topological polar surface area (TPSA) is 44.8 Å². The Balaban J connectivity index is 1.23. The minimum atomic E-state index is -4.43. The average Bonchev–Trinajstić information content (AvgIpc) is 2.96.